The summed E-state index contributed by atoms with van der Waals surface area (Å²) in [4.78, 5) is 10.6. The maximum Gasteiger partial charge on any atom is 0.356 e. The molecule has 0 unspecified atom stereocenters. The minimum Gasteiger partial charge on any atom is -0.476 e. The Labute approximate surface area is 109 Å². The molecule has 1 aromatic carbocycles. The Morgan fingerprint density at radius 1 is 1.26 bits per heavy atom. The zero-order valence-electron chi connectivity index (χ0n) is 10.0. The molecule has 19 heavy (non-hydrogen) atoms. The van der Waals surface area contributed by atoms with Crippen molar-refractivity contribution in [1.82, 2.24) is 10.2 Å². The summed E-state index contributed by atoms with van der Waals surface area (Å²) < 4.78 is 12.9. The Morgan fingerprint density at radius 2 is 2.11 bits per heavy atom. The average molecular weight is 261 g/mol. The Balaban J connectivity index is 1.87. The van der Waals surface area contributed by atoms with Gasteiger partial charge in [-0.05, 0) is 36.2 Å². The topological polar surface area (TPSA) is 75.1 Å². The Morgan fingerprint density at radius 3 is 2.74 bits per heavy atom. The molecule has 0 aliphatic carbocycles. The highest BCUT2D eigenvalue weighted by atomic mass is 19.1. The number of rotatable bonds is 5. The summed E-state index contributed by atoms with van der Waals surface area (Å²) in [5, 5.41) is 18.9. The lowest BCUT2D eigenvalue weighted by molar-refractivity contribution is 0.0689. The zero-order valence-corrected chi connectivity index (χ0v) is 10.0. The van der Waals surface area contributed by atoms with Gasteiger partial charge in [-0.25, -0.2) is 9.18 Å². The number of anilines is 1. The molecule has 5 nitrogen and oxygen atoms in total. The van der Waals surface area contributed by atoms with Gasteiger partial charge in [0.1, 0.15) is 11.6 Å². The molecule has 0 amide bonds. The molecule has 1 heterocycles. The van der Waals surface area contributed by atoms with Crippen LogP contribution in [-0.2, 0) is 6.42 Å². The van der Waals surface area contributed by atoms with E-state index in [2.05, 4.69) is 15.5 Å². The molecule has 0 fully saturated rings. The summed E-state index contributed by atoms with van der Waals surface area (Å²) in [5.74, 6) is -0.886. The molecule has 0 saturated heterocycles. The molecular weight excluding hydrogens is 249 g/mol. The predicted octanol–water partition coefficient (Wildman–Crippen LogP) is 1.97. The van der Waals surface area contributed by atoms with E-state index in [4.69, 9.17) is 5.11 Å². The summed E-state index contributed by atoms with van der Waals surface area (Å²) in [7, 11) is 0. The quantitative estimate of drug-likeness (QED) is 0.860. The molecule has 0 aliphatic rings. The molecule has 6 heteroatoms. The van der Waals surface area contributed by atoms with E-state index in [0.717, 1.165) is 5.56 Å². The number of carboxylic acids is 1. The van der Waals surface area contributed by atoms with E-state index in [1.165, 1.54) is 18.2 Å². The van der Waals surface area contributed by atoms with Gasteiger partial charge < -0.3 is 10.4 Å². The lowest BCUT2D eigenvalue weighted by atomic mass is 10.1. The molecule has 1 aromatic heterocycles. The fourth-order valence-corrected chi connectivity index (χ4v) is 1.57. The largest absolute Gasteiger partial charge is 0.476 e. The van der Waals surface area contributed by atoms with Crippen LogP contribution in [0.15, 0.2) is 36.4 Å². The number of hydrogen-bond acceptors (Lipinski definition) is 4. The van der Waals surface area contributed by atoms with Crippen LogP contribution in [0.2, 0.25) is 0 Å². The third-order valence-electron chi connectivity index (χ3n) is 2.49. The molecule has 2 aromatic rings. The molecule has 2 rings (SSSR count). The molecule has 0 radical (unpaired) electrons. The highest BCUT2D eigenvalue weighted by Gasteiger charge is 2.04. The first-order valence-corrected chi connectivity index (χ1v) is 5.70. The van der Waals surface area contributed by atoms with Gasteiger partial charge in [0.25, 0.3) is 0 Å². The smallest absolute Gasteiger partial charge is 0.356 e. The summed E-state index contributed by atoms with van der Waals surface area (Å²) in [5.41, 5.74) is 0.776. The summed E-state index contributed by atoms with van der Waals surface area (Å²) in [6, 6.07) is 9.28. The van der Waals surface area contributed by atoms with Gasteiger partial charge in [-0.15, -0.1) is 10.2 Å². The van der Waals surface area contributed by atoms with Crippen LogP contribution in [-0.4, -0.2) is 27.8 Å². The molecule has 98 valence electrons. The second-order valence-corrected chi connectivity index (χ2v) is 3.92. The Hall–Kier alpha value is -2.50. The first-order valence-electron chi connectivity index (χ1n) is 5.70. The number of hydrogen-bond donors (Lipinski definition) is 2. The van der Waals surface area contributed by atoms with Crippen LogP contribution in [0.4, 0.5) is 10.2 Å². The third-order valence-corrected chi connectivity index (χ3v) is 2.49. The lowest BCUT2D eigenvalue weighted by Crippen LogP contribution is -2.09. The minimum atomic E-state index is -1.11. The minimum absolute atomic E-state index is 0.101. The van der Waals surface area contributed by atoms with Crippen LogP contribution in [0.25, 0.3) is 0 Å². The molecule has 0 saturated carbocycles. The number of halogens is 1. The van der Waals surface area contributed by atoms with E-state index in [-0.39, 0.29) is 11.5 Å². The second kappa shape index (κ2) is 5.90. The van der Waals surface area contributed by atoms with Gasteiger partial charge in [0.2, 0.25) is 0 Å². The first-order chi connectivity index (χ1) is 9.15. The van der Waals surface area contributed by atoms with Crippen molar-refractivity contribution in [2.45, 2.75) is 6.42 Å². The number of aromatic carboxylic acids is 1. The predicted molar refractivity (Wildman–Crippen MR) is 67.6 cm³/mol. The number of aromatic nitrogens is 2. The lowest BCUT2D eigenvalue weighted by Gasteiger charge is -2.05. The second-order valence-electron chi connectivity index (χ2n) is 3.92. The van der Waals surface area contributed by atoms with Crippen LogP contribution in [0.5, 0.6) is 0 Å². The number of carboxylic acid groups (broad SMARTS) is 1. The zero-order chi connectivity index (χ0) is 13.7. The van der Waals surface area contributed by atoms with Gasteiger partial charge in [-0.3, -0.25) is 0 Å². The van der Waals surface area contributed by atoms with Crippen molar-refractivity contribution in [3.8, 4) is 0 Å². The molecule has 0 atom stereocenters. The average Bonchev–Trinajstić information content (AvgIpc) is 2.39. The SMILES string of the molecule is O=C(O)c1ccc(NCCc2cccc(F)c2)nn1. The van der Waals surface area contributed by atoms with Crippen molar-refractivity contribution in [3.63, 3.8) is 0 Å². The fourth-order valence-electron chi connectivity index (χ4n) is 1.57. The van der Waals surface area contributed by atoms with Gasteiger partial charge in [-0.2, -0.15) is 0 Å². The number of benzene rings is 1. The summed E-state index contributed by atoms with van der Waals surface area (Å²) >= 11 is 0. The number of carbonyl (C=O) groups is 1. The van der Waals surface area contributed by atoms with E-state index in [0.29, 0.717) is 18.8 Å². The molecule has 0 aliphatic heterocycles. The van der Waals surface area contributed by atoms with Crippen LogP contribution < -0.4 is 5.32 Å². The maximum atomic E-state index is 12.9. The van der Waals surface area contributed by atoms with Crippen LogP contribution >= 0.6 is 0 Å². The summed E-state index contributed by atoms with van der Waals surface area (Å²) in [6.07, 6.45) is 0.639. The monoisotopic (exact) mass is 261 g/mol. The van der Waals surface area contributed by atoms with Crippen molar-refractivity contribution < 1.29 is 14.3 Å². The van der Waals surface area contributed by atoms with E-state index in [9.17, 15) is 9.18 Å². The van der Waals surface area contributed by atoms with Crippen LogP contribution in [0, 0.1) is 5.82 Å². The maximum absolute atomic E-state index is 12.9. The van der Waals surface area contributed by atoms with Crippen molar-refractivity contribution >= 4 is 11.8 Å². The first kappa shape index (κ1) is 12.9. The van der Waals surface area contributed by atoms with E-state index >= 15 is 0 Å². The van der Waals surface area contributed by atoms with Crippen LogP contribution in [0.1, 0.15) is 16.1 Å². The molecule has 0 bridgehead atoms. The Bertz CT molecular complexity index is 572. The van der Waals surface area contributed by atoms with Gasteiger partial charge in [0, 0.05) is 6.54 Å². The molecule has 2 N–H and O–H groups in total. The molecular formula is C13H12FN3O2. The van der Waals surface area contributed by atoms with Gasteiger partial charge in [0.05, 0.1) is 0 Å². The Kier molecular flexibility index (Phi) is 4.02. The standard InChI is InChI=1S/C13H12FN3O2/c14-10-3-1-2-9(8-10)6-7-15-12-5-4-11(13(18)19)16-17-12/h1-5,8H,6-7H2,(H,15,17)(H,18,19). The van der Waals surface area contributed by atoms with E-state index in [1.807, 2.05) is 6.07 Å². The van der Waals surface area contributed by atoms with E-state index < -0.39 is 5.97 Å². The van der Waals surface area contributed by atoms with Gasteiger partial charge >= 0.3 is 5.97 Å². The fraction of sp³-hybridized carbons (Fsp3) is 0.154. The third kappa shape index (κ3) is 3.74. The van der Waals surface area contributed by atoms with Gasteiger partial charge in [0.15, 0.2) is 5.69 Å². The van der Waals surface area contributed by atoms with Crippen molar-refractivity contribution in [3.05, 3.63) is 53.5 Å². The van der Waals surface area contributed by atoms with Crippen molar-refractivity contribution in [2.24, 2.45) is 0 Å². The van der Waals surface area contributed by atoms with Crippen LogP contribution in [0.3, 0.4) is 0 Å². The number of nitrogens with zero attached hydrogens (tertiary/aromatic N) is 2. The number of nitrogens with one attached hydrogen (secondary N) is 1. The highest BCUT2D eigenvalue weighted by molar-refractivity contribution is 5.85. The molecule has 0 spiro atoms. The summed E-state index contributed by atoms with van der Waals surface area (Å²) in [6.45, 7) is 0.560. The van der Waals surface area contributed by atoms with E-state index in [1.54, 1.807) is 12.1 Å². The highest BCUT2D eigenvalue weighted by Crippen LogP contribution is 2.06. The normalized spacial score (nSPS) is 10.2. The van der Waals surface area contributed by atoms with Gasteiger partial charge in [-0.1, -0.05) is 12.1 Å². The van der Waals surface area contributed by atoms with Crippen molar-refractivity contribution in [1.29, 1.82) is 0 Å². The van der Waals surface area contributed by atoms with Crippen molar-refractivity contribution in [2.75, 3.05) is 11.9 Å².